The van der Waals surface area contributed by atoms with E-state index in [2.05, 4.69) is 10.5 Å². The third-order valence-corrected chi connectivity index (χ3v) is 6.44. The molecule has 1 aromatic heterocycles. The molecule has 30 heavy (non-hydrogen) atoms. The number of hydrogen-bond acceptors (Lipinski definition) is 6. The summed E-state index contributed by atoms with van der Waals surface area (Å²) in [7, 11) is -3.77. The highest BCUT2D eigenvalue weighted by Gasteiger charge is 2.33. The van der Waals surface area contributed by atoms with Gasteiger partial charge in [0.25, 0.3) is 16.0 Å². The van der Waals surface area contributed by atoms with Gasteiger partial charge in [-0.25, -0.2) is 0 Å². The van der Waals surface area contributed by atoms with Crippen molar-refractivity contribution in [2.75, 3.05) is 6.61 Å². The van der Waals surface area contributed by atoms with Crippen LogP contribution in [0.15, 0.2) is 70.1 Å². The molecule has 1 aliphatic rings. The zero-order chi connectivity index (χ0) is 21.1. The van der Waals surface area contributed by atoms with Crippen molar-refractivity contribution in [2.24, 2.45) is 5.92 Å². The molecule has 1 N–H and O–H groups in total. The fraction of sp³-hybridized carbons (Fsp3) is 0.273. The number of carbonyl (C=O) groups excluding carboxylic acids is 1. The Balaban J connectivity index is 1.25. The smallest absolute Gasteiger partial charge is 0.296 e. The van der Waals surface area contributed by atoms with Gasteiger partial charge in [-0.15, -0.1) is 0 Å². The van der Waals surface area contributed by atoms with Gasteiger partial charge in [-0.05, 0) is 37.8 Å². The van der Waals surface area contributed by atoms with Crippen molar-refractivity contribution < 1.29 is 21.9 Å². The Kier molecular flexibility index (Phi) is 5.69. The number of carbonyl (C=O) groups is 1. The molecule has 3 aromatic rings. The monoisotopic (exact) mass is 426 g/mol. The second-order valence-corrected chi connectivity index (χ2v) is 9.12. The molecule has 1 amide bonds. The van der Waals surface area contributed by atoms with E-state index in [-0.39, 0.29) is 35.1 Å². The Morgan fingerprint density at radius 3 is 2.53 bits per heavy atom. The summed E-state index contributed by atoms with van der Waals surface area (Å²) in [5.41, 5.74) is 2.45. The first-order chi connectivity index (χ1) is 14.4. The number of nitrogens with one attached hydrogen (secondary N) is 1. The van der Waals surface area contributed by atoms with E-state index >= 15 is 0 Å². The van der Waals surface area contributed by atoms with E-state index in [1.807, 2.05) is 37.3 Å². The van der Waals surface area contributed by atoms with Crippen LogP contribution in [0.25, 0.3) is 11.3 Å². The molecule has 0 aliphatic heterocycles. The molecule has 0 unspecified atom stereocenters. The van der Waals surface area contributed by atoms with Gasteiger partial charge in [-0.3, -0.25) is 8.98 Å². The molecule has 156 valence electrons. The van der Waals surface area contributed by atoms with Crippen LogP contribution < -0.4 is 5.32 Å². The predicted octanol–water partition coefficient (Wildman–Crippen LogP) is 3.56. The van der Waals surface area contributed by atoms with Crippen molar-refractivity contribution in [1.29, 1.82) is 0 Å². The van der Waals surface area contributed by atoms with Crippen LogP contribution in [0.5, 0.6) is 0 Å². The van der Waals surface area contributed by atoms with Crippen molar-refractivity contribution >= 4 is 16.0 Å². The molecule has 1 heterocycles. The molecule has 2 aromatic carbocycles. The van der Waals surface area contributed by atoms with Gasteiger partial charge in [0.05, 0.1) is 11.5 Å². The average molecular weight is 426 g/mol. The van der Waals surface area contributed by atoms with Crippen LogP contribution >= 0.6 is 0 Å². The third-order valence-electron chi connectivity index (χ3n) is 5.14. The second kappa shape index (κ2) is 8.41. The molecular formula is C22H22N2O5S. The lowest BCUT2D eigenvalue weighted by Gasteiger charge is -2.35. The highest BCUT2D eigenvalue weighted by molar-refractivity contribution is 7.86. The van der Waals surface area contributed by atoms with E-state index in [0.29, 0.717) is 18.5 Å². The third kappa shape index (κ3) is 4.60. The van der Waals surface area contributed by atoms with Crippen LogP contribution in [0.4, 0.5) is 0 Å². The van der Waals surface area contributed by atoms with Crippen molar-refractivity contribution in [1.82, 2.24) is 10.5 Å². The molecule has 0 bridgehead atoms. The highest BCUT2D eigenvalue weighted by Crippen LogP contribution is 2.29. The zero-order valence-corrected chi connectivity index (χ0v) is 17.3. The Hall–Kier alpha value is -2.97. The molecule has 1 saturated carbocycles. The Bertz CT molecular complexity index is 1120. The van der Waals surface area contributed by atoms with Crippen molar-refractivity contribution in [2.45, 2.75) is 30.7 Å². The van der Waals surface area contributed by atoms with Crippen LogP contribution in [0.3, 0.4) is 0 Å². The first kappa shape index (κ1) is 20.3. The topological polar surface area (TPSA) is 98.5 Å². The van der Waals surface area contributed by atoms with Gasteiger partial charge < -0.3 is 9.84 Å². The van der Waals surface area contributed by atoms with Crippen LogP contribution in [-0.2, 0) is 14.3 Å². The molecular weight excluding hydrogens is 404 g/mol. The van der Waals surface area contributed by atoms with Gasteiger partial charge in [0.15, 0.2) is 0 Å². The highest BCUT2D eigenvalue weighted by atomic mass is 32.2. The predicted molar refractivity (Wildman–Crippen MR) is 110 cm³/mol. The Morgan fingerprint density at radius 1 is 1.13 bits per heavy atom. The fourth-order valence-electron chi connectivity index (χ4n) is 3.33. The fourth-order valence-corrected chi connectivity index (χ4v) is 4.31. The summed E-state index contributed by atoms with van der Waals surface area (Å²) >= 11 is 0. The molecule has 0 radical (unpaired) electrons. The van der Waals surface area contributed by atoms with E-state index < -0.39 is 10.1 Å². The molecule has 1 aliphatic carbocycles. The number of aromatic nitrogens is 1. The van der Waals surface area contributed by atoms with Crippen LogP contribution in [0, 0.1) is 12.8 Å². The first-order valence-corrected chi connectivity index (χ1v) is 11.1. The second-order valence-electron chi connectivity index (χ2n) is 7.50. The number of nitrogens with zero attached hydrogens (tertiary/aromatic N) is 1. The maximum atomic E-state index is 12.4. The maximum absolute atomic E-state index is 12.4. The molecule has 0 atom stereocenters. The first-order valence-electron chi connectivity index (χ1n) is 9.70. The van der Waals surface area contributed by atoms with E-state index in [9.17, 15) is 13.2 Å². The molecule has 0 spiro atoms. The van der Waals surface area contributed by atoms with Gasteiger partial charge in [0, 0.05) is 17.7 Å². The quantitative estimate of drug-likeness (QED) is 0.580. The summed E-state index contributed by atoms with van der Waals surface area (Å²) in [6.45, 7) is 1.99. The summed E-state index contributed by atoms with van der Waals surface area (Å²) in [6, 6.07) is 17.6. The Labute approximate surface area is 175 Å². The molecule has 7 nitrogen and oxygen atoms in total. The van der Waals surface area contributed by atoms with E-state index in [0.717, 1.165) is 11.1 Å². The number of amides is 1. The summed E-state index contributed by atoms with van der Waals surface area (Å²) in [5.74, 6) is -0.109. The lowest BCUT2D eigenvalue weighted by molar-refractivity contribution is 0.0817. The van der Waals surface area contributed by atoms with Crippen molar-refractivity contribution in [3.63, 3.8) is 0 Å². The largest absolute Gasteiger partial charge is 0.350 e. The summed E-state index contributed by atoms with van der Waals surface area (Å²) in [4.78, 5) is 12.5. The normalized spacial score (nSPS) is 18.6. The summed E-state index contributed by atoms with van der Waals surface area (Å²) in [5, 5.41) is 6.83. The minimum Gasteiger partial charge on any atom is -0.350 e. The number of benzene rings is 2. The van der Waals surface area contributed by atoms with Crippen LogP contribution in [0.1, 0.15) is 29.0 Å². The lowest BCUT2D eigenvalue weighted by atomic mass is 9.81. The van der Waals surface area contributed by atoms with Gasteiger partial charge >= 0.3 is 0 Å². The average Bonchev–Trinajstić information content (AvgIpc) is 3.21. The summed E-state index contributed by atoms with van der Waals surface area (Å²) in [6.07, 6.45) is 1.30. The standard InChI is InChI=1S/C22H22N2O5S/c1-15-7-9-19(10-8-15)30(26,27)28-14-16-11-18(12-16)23-22(25)21-13-20(24-29-21)17-5-3-2-4-6-17/h2-10,13,16,18H,11-12,14H2,1H3,(H,23,25)/t16-,18-. The van der Waals surface area contributed by atoms with Gasteiger partial charge in [0.1, 0.15) is 5.69 Å². The molecule has 1 fully saturated rings. The van der Waals surface area contributed by atoms with Crippen LogP contribution in [-0.4, -0.2) is 32.1 Å². The molecule has 8 heteroatoms. The maximum Gasteiger partial charge on any atom is 0.296 e. The van der Waals surface area contributed by atoms with E-state index in [4.69, 9.17) is 8.71 Å². The Morgan fingerprint density at radius 2 is 1.83 bits per heavy atom. The number of hydrogen-bond donors (Lipinski definition) is 1. The van der Waals surface area contributed by atoms with E-state index in [1.54, 1.807) is 18.2 Å². The van der Waals surface area contributed by atoms with E-state index in [1.165, 1.54) is 12.1 Å². The number of rotatable bonds is 7. The summed E-state index contributed by atoms with van der Waals surface area (Å²) < 4.78 is 34.8. The van der Waals surface area contributed by atoms with Gasteiger partial charge in [-0.2, -0.15) is 8.42 Å². The number of aryl methyl sites for hydroxylation is 1. The molecule has 0 saturated heterocycles. The molecule has 4 rings (SSSR count). The van der Waals surface area contributed by atoms with Crippen molar-refractivity contribution in [3.05, 3.63) is 72.0 Å². The minimum atomic E-state index is -3.77. The van der Waals surface area contributed by atoms with Crippen molar-refractivity contribution in [3.8, 4) is 11.3 Å². The minimum absolute atomic E-state index is 0.0431. The SMILES string of the molecule is Cc1ccc(S(=O)(=O)OC[C@H]2C[C@H](NC(=O)c3cc(-c4ccccc4)no3)C2)cc1. The lowest BCUT2D eigenvalue weighted by Crippen LogP contribution is -2.45. The van der Waals surface area contributed by atoms with Crippen LogP contribution in [0.2, 0.25) is 0 Å². The van der Waals surface area contributed by atoms with Gasteiger partial charge in [-0.1, -0.05) is 53.2 Å². The van der Waals surface area contributed by atoms with Gasteiger partial charge in [0.2, 0.25) is 5.76 Å². The zero-order valence-electron chi connectivity index (χ0n) is 16.4.